The average molecular weight is 626 g/mol. The Bertz CT molecular complexity index is 1840. The smallest absolute Gasteiger partial charge is 0.253 e. The van der Waals surface area contributed by atoms with Crippen molar-refractivity contribution < 1.29 is 14.7 Å². The minimum absolute atomic E-state index is 0.144. The van der Waals surface area contributed by atoms with Crippen molar-refractivity contribution in [3.05, 3.63) is 119 Å². The van der Waals surface area contributed by atoms with Crippen molar-refractivity contribution in [3.63, 3.8) is 0 Å². The van der Waals surface area contributed by atoms with E-state index >= 15 is 0 Å². The molecule has 0 heterocycles. The van der Waals surface area contributed by atoms with Crippen LogP contribution in [0.25, 0.3) is 21.5 Å². The van der Waals surface area contributed by atoms with Gasteiger partial charge in [-0.05, 0) is 72.1 Å². The van der Waals surface area contributed by atoms with Crippen LogP contribution in [0.5, 0.6) is 0 Å². The highest BCUT2D eigenvalue weighted by molar-refractivity contribution is 7.99. The van der Waals surface area contributed by atoms with Gasteiger partial charge in [0.1, 0.15) is 0 Å². The van der Waals surface area contributed by atoms with Crippen LogP contribution in [0.3, 0.4) is 0 Å². The molecule has 0 aliphatic rings. The van der Waals surface area contributed by atoms with Gasteiger partial charge in [0, 0.05) is 22.6 Å². The van der Waals surface area contributed by atoms with Crippen LogP contribution in [0.15, 0.2) is 102 Å². The fourth-order valence-corrected chi connectivity index (χ4v) is 6.45. The highest BCUT2D eigenvalue weighted by Gasteiger charge is 2.27. The molecule has 0 bridgehead atoms. The third-order valence-corrected chi connectivity index (χ3v) is 8.90. The van der Waals surface area contributed by atoms with Crippen molar-refractivity contribution in [1.29, 1.82) is 0 Å². The molecule has 5 aromatic rings. The monoisotopic (exact) mass is 625 g/mol. The van der Waals surface area contributed by atoms with Gasteiger partial charge in [0.15, 0.2) is 0 Å². The van der Waals surface area contributed by atoms with E-state index in [4.69, 9.17) is 17.3 Å². The van der Waals surface area contributed by atoms with E-state index in [-0.39, 0.29) is 22.9 Å². The number of fused-ring (bicyclic) bond motifs is 2. The molecule has 5 aromatic carbocycles. The summed E-state index contributed by atoms with van der Waals surface area (Å²) in [5, 5.41) is 21.9. The molecule has 0 aromatic heterocycles. The summed E-state index contributed by atoms with van der Waals surface area (Å²) in [4.78, 5) is 28.1. The predicted molar refractivity (Wildman–Crippen MR) is 183 cm³/mol. The van der Waals surface area contributed by atoms with Crippen molar-refractivity contribution in [2.45, 2.75) is 49.8 Å². The van der Waals surface area contributed by atoms with Crippen molar-refractivity contribution in [3.8, 4) is 0 Å². The van der Waals surface area contributed by atoms with E-state index in [9.17, 15) is 14.7 Å². The molecule has 44 heavy (non-hydrogen) atoms. The number of rotatable bonds is 9. The second kappa shape index (κ2) is 13.3. The quantitative estimate of drug-likeness (QED) is 0.102. The third-order valence-electron chi connectivity index (χ3n) is 7.36. The first-order valence-electron chi connectivity index (χ1n) is 14.5. The number of benzene rings is 5. The number of halogens is 1. The molecular weight excluding hydrogens is 590 g/mol. The van der Waals surface area contributed by atoms with Crippen LogP contribution < -0.4 is 16.4 Å². The van der Waals surface area contributed by atoms with E-state index in [1.807, 2.05) is 75.4 Å². The Morgan fingerprint density at radius 2 is 1.55 bits per heavy atom. The van der Waals surface area contributed by atoms with Crippen molar-refractivity contribution in [2.75, 3.05) is 11.5 Å². The Morgan fingerprint density at radius 1 is 0.864 bits per heavy atom. The van der Waals surface area contributed by atoms with Gasteiger partial charge in [-0.2, -0.15) is 0 Å². The fraction of sp³-hybridized carbons (Fsp3) is 0.222. The maximum Gasteiger partial charge on any atom is 0.253 e. The predicted octanol–water partition coefficient (Wildman–Crippen LogP) is 7.25. The Kier molecular flexibility index (Phi) is 9.49. The molecule has 0 fully saturated rings. The second-order valence-corrected chi connectivity index (χ2v) is 13.4. The zero-order valence-electron chi connectivity index (χ0n) is 24.9. The van der Waals surface area contributed by atoms with Gasteiger partial charge in [0.25, 0.3) is 11.8 Å². The van der Waals surface area contributed by atoms with E-state index in [1.54, 1.807) is 18.2 Å². The molecule has 2 amide bonds. The Morgan fingerprint density at radius 3 is 2.30 bits per heavy atom. The molecule has 2 unspecified atom stereocenters. The first-order valence-corrected chi connectivity index (χ1v) is 15.8. The maximum atomic E-state index is 13.6. The Hall–Kier alpha value is -4.04. The zero-order chi connectivity index (χ0) is 31.4. The van der Waals surface area contributed by atoms with Crippen LogP contribution in [0.2, 0.25) is 5.02 Å². The minimum Gasteiger partial charge on any atom is -0.398 e. The SMILES string of the molecule is CC(C)(C)NC(=O)c1c(CC(O)C(CSc2ccc3ccccc3c2)NC(=O)c2cccc(N)c2Cl)ccc2ccccc12. The van der Waals surface area contributed by atoms with Crippen molar-refractivity contribution in [2.24, 2.45) is 0 Å². The lowest BCUT2D eigenvalue weighted by Gasteiger charge is -2.26. The van der Waals surface area contributed by atoms with Gasteiger partial charge in [-0.1, -0.05) is 84.4 Å². The maximum absolute atomic E-state index is 13.6. The first-order chi connectivity index (χ1) is 21.0. The van der Waals surface area contributed by atoms with Gasteiger partial charge in [-0.15, -0.1) is 11.8 Å². The molecule has 2 atom stereocenters. The lowest BCUT2D eigenvalue weighted by molar-refractivity contribution is 0.0850. The fourth-order valence-electron chi connectivity index (χ4n) is 5.19. The summed E-state index contributed by atoms with van der Waals surface area (Å²) in [6.45, 7) is 5.80. The van der Waals surface area contributed by atoms with Gasteiger partial charge in [0.2, 0.25) is 0 Å². The van der Waals surface area contributed by atoms with Crippen LogP contribution in [0.1, 0.15) is 47.1 Å². The number of aliphatic hydroxyl groups is 1. The molecule has 0 saturated heterocycles. The van der Waals surface area contributed by atoms with Gasteiger partial charge in [-0.25, -0.2) is 0 Å². The summed E-state index contributed by atoms with van der Waals surface area (Å²) >= 11 is 7.91. The molecule has 8 heteroatoms. The molecule has 0 aliphatic carbocycles. The average Bonchev–Trinajstić information content (AvgIpc) is 2.99. The molecule has 5 N–H and O–H groups in total. The number of anilines is 1. The molecule has 5 rings (SSSR count). The van der Waals surface area contributed by atoms with Gasteiger partial charge in [0.05, 0.1) is 34.0 Å². The van der Waals surface area contributed by atoms with Crippen LogP contribution >= 0.6 is 23.4 Å². The van der Waals surface area contributed by atoms with E-state index in [1.165, 1.54) is 11.8 Å². The van der Waals surface area contributed by atoms with Crippen LogP contribution in [-0.2, 0) is 6.42 Å². The molecule has 0 spiro atoms. The third kappa shape index (κ3) is 7.36. The second-order valence-electron chi connectivity index (χ2n) is 11.9. The lowest BCUT2D eigenvalue weighted by Crippen LogP contribution is -2.46. The summed E-state index contributed by atoms with van der Waals surface area (Å²) in [5.41, 5.74) is 7.25. The number of amides is 2. The zero-order valence-corrected chi connectivity index (χ0v) is 26.5. The molecule has 226 valence electrons. The van der Waals surface area contributed by atoms with Gasteiger partial charge in [-0.3, -0.25) is 9.59 Å². The molecule has 0 aliphatic heterocycles. The van der Waals surface area contributed by atoms with Gasteiger partial charge >= 0.3 is 0 Å². The molecule has 0 saturated carbocycles. The summed E-state index contributed by atoms with van der Waals surface area (Å²) in [6.07, 6.45) is -0.875. The Balaban J connectivity index is 1.46. The normalized spacial score (nSPS) is 13.0. The van der Waals surface area contributed by atoms with Crippen molar-refractivity contribution >= 4 is 62.4 Å². The summed E-state index contributed by atoms with van der Waals surface area (Å²) < 4.78 is 0. The highest BCUT2D eigenvalue weighted by atomic mass is 35.5. The number of hydrogen-bond donors (Lipinski definition) is 4. The summed E-state index contributed by atoms with van der Waals surface area (Å²) in [7, 11) is 0. The largest absolute Gasteiger partial charge is 0.398 e. The lowest BCUT2D eigenvalue weighted by atomic mass is 9.92. The number of thioether (sulfide) groups is 1. The van der Waals surface area contributed by atoms with E-state index in [0.29, 0.717) is 22.6 Å². The summed E-state index contributed by atoms with van der Waals surface area (Å²) in [5.74, 6) is -0.272. The molecule has 0 radical (unpaired) electrons. The number of nitrogen functional groups attached to an aromatic ring is 1. The standard InChI is InChI=1S/C36H36ClN3O3S/c1-36(2,3)40-35(43)32-25(16-15-23-10-6-7-12-27(23)32)20-31(41)30(39-34(42)28-13-8-14-29(38)33(28)37)21-44-26-18-17-22-9-4-5-11-24(22)19-26/h4-19,30-31,41H,20-21,38H2,1-3H3,(H,39,42)(H,40,43). The minimum atomic E-state index is -1.02. The molecule has 6 nitrogen and oxygen atoms in total. The van der Waals surface area contributed by atoms with Crippen molar-refractivity contribution in [1.82, 2.24) is 10.6 Å². The first kappa shape index (κ1) is 31.4. The topological polar surface area (TPSA) is 104 Å². The Labute approximate surface area is 267 Å². The van der Waals surface area contributed by atoms with Crippen LogP contribution in [0.4, 0.5) is 5.69 Å². The van der Waals surface area contributed by atoms with E-state index < -0.39 is 23.6 Å². The number of nitrogens with two attached hydrogens (primary N) is 1. The van der Waals surface area contributed by atoms with Crippen LogP contribution in [0, 0.1) is 0 Å². The number of carbonyl (C=O) groups excluding carboxylic acids is 2. The number of carbonyl (C=O) groups is 2. The van der Waals surface area contributed by atoms with E-state index in [2.05, 4.69) is 34.9 Å². The number of aliphatic hydroxyl groups excluding tert-OH is 1. The molecular formula is C36H36ClN3O3S. The van der Waals surface area contributed by atoms with Crippen LogP contribution in [-0.4, -0.2) is 40.4 Å². The summed E-state index contributed by atoms with van der Waals surface area (Å²) in [6, 6.07) is 30.1. The van der Waals surface area contributed by atoms with Gasteiger partial charge < -0.3 is 21.5 Å². The number of nitrogens with one attached hydrogen (secondary N) is 2. The highest BCUT2D eigenvalue weighted by Crippen LogP contribution is 2.29. The van der Waals surface area contributed by atoms with E-state index in [0.717, 1.165) is 26.4 Å². The number of hydrogen-bond acceptors (Lipinski definition) is 5.